The van der Waals surface area contributed by atoms with Crippen LogP contribution in [-0.4, -0.2) is 63.0 Å². The minimum atomic E-state index is -4.02. The fourth-order valence-corrected chi connectivity index (χ4v) is 5.65. The normalized spacial score (nSPS) is 20.3. The molecule has 0 unspecified atom stereocenters. The summed E-state index contributed by atoms with van der Waals surface area (Å²) in [7, 11) is -4.02. The zero-order chi connectivity index (χ0) is 24.7. The molecule has 0 bridgehead atoms. The first kappa shape index (κ1) is 26.6. The molecule has 2 fully saturated rings. The number of rotatable bonds is 10. The van der Waals surface area contributed by atoms with Gasteiger partial charge in [0.2, 0.25) is 21.8 Å². The molecule has 1 aliphatic heterocycles. The van der Waals surface area contributed by atoms with Crippen LogP contribution >= 0.6 is 0 Å². The number of amides is 2. The zero-order valence-electron chi connectivity index (χ0n) is 20.0. The van der Waals surface area contributed by atoms with Crippen LogP contribution in [0.5, 0.6) is 0 Å². The van der Waals surface area contributed by atoms with Gasteiger partial charge in [-0.2, -0.15) is 0 Å². The fourth-order valence-electron chi connectivity index (χ4n) is 4.67. The highest BCUT2D eigenvalue weighted by Gasteiger charge is 2.36. The van der Waals surface area contributed by atoms with E-state index in [0.717, 1.165) is 69.2 Å². The monoisotopic (exact) mass is 497 g/mol. The van der Waals surface area contributed by atoms with Crippen LogP contribution in [0.25, 0.3) is 0 Å². The standard InChI is InChI=1S/C24H36FN3O5S/c1-17(2)23(24(30)27-19-7-4-3-5-8-19)28(16-20-9-6-14-33-20)22(29)15-26-34(31,32)21-12-10-18(25)11-13-21/h10-13,17,19-20,23,26H,3-9,14-16H2,1-2H3,(H,27,30)/t20-,23+/m0/s1. The number of hydrogen-bond acceptors (Lipinski definition) is 5. The van der Waals surface area contributed by atoms with Crippen LogP contribution in [0.4, 0.5) is 4.39 Å². The van der Waals surface area contributed by atoms with E-state index in [9.17, 15) is 22.4 Å². The summed E-state index contributed by atoms with van der Waals surface area (Å²) >= 11 is 0. The van der Waals surface area contributed by atoms with E-state index in [2.05, 4.69) is 10.0 Å². The van der Waals surface area contributed by atoms with Gasteiger partial charge in [0.1, 0.15) is 11.9 Å². The van der Waals surface area contributed by atoms with E-state index in [4.69, 9.17) is 4.74 Å². The highest BCUT2D eigenvalue weighted by Crippen LogP contribution is 2.21. The van der Waals surface area contributed by atoms with Gasteiger partial charge in [0.15, 0.2) is 0 Å². The van der Waals surface area contributed by atoms with Gasteiger partial charge in [-0.3, -0.25) is 9.59 Å². The minimum absolute atomic E-state index is 0.0964. The molecule has 1 saturated carbocycles. The average molecular weight is 498 g/mol. The Bertz CT molecular complexity index is 926. The molecule has 0 aromatic heterocycles. The van der Waals surface area contributed by atoms with E-state index >= 15 is 0 Å². The van der Waals surface area contributed by atoms with E-state index in [0.29, 0.717) is 6.61 Å². The molecule has 8 nitrogen and oxygen atoms in total. The third kappa shape index (κ3) is 7.23. The predicted molar refractivity (Wildman–Crippen MR) is 126 cm³/mol. The minimum Gasteiger partial charge on any atom is -0.376 e. The predicted octanol–water partition coefficient (Wildman–Crippen LogP) is 2.59. The molecule has 1 saturated heterocycles. The molecule has 1 heterocycles. The van der Waals surface area contributed by atoms with E-state index in [1.807, 2.05) is 13.8 Å². The second kappa shape index (κ2) is 12.1. The maximum Gasteiger partial charge on any atom is 0.243 e. The molecule has 0 radical (unpaired) electrons. The van der Waals surface area contributed by atoms with E-state index in [-0.39, 0.29) is 35.4 Å². The average Bonchev–Trinajstić information content (AvgIpc) is 3.31. The van der Waals surface area contributed by atoms with Gasteiger partial charge in [0.25, 0.3) is 0 Å². The van der Waals surface area contributed by atoms with Gasteiger partial charge in [-0.15, -0.1) is 0 Å². The van der Waals surface area contributed by atoms with Crippen molar-refractivity contribution in [1.82, 2.24) is 14.9 Å². The van der Waals surface area contributed by atoms with Crippen molar-refractivity contribution in [2.45, 2.75) is 81.9 Å². The summed E-state index contributed by atoms with van der Waals surface area (Å²) in [6.07, 6.45) is 6.62. The highest BCUT2D eigenvalue weighted by molar-refractivity contribution is 7.89. The maximum atomic E-state index is 13.3. The quantitative estimate of drug-likeness (QED) is 0.517. The lowest BCUT2D eigenvalue weighted by Gasteiger charge is -2.36. The van der Waals surface area contributed by atoms with Gasteiger partial charge in [-0.25, -0.2) is 17.5 Å². The van der Waals surface area contributed by atoms with E-state index in [1.54, 1.807) is 0 Å². The molecular weight excluding hydrogens is 461 g/mol. The van der Waals surface area contributed by atoms with Crippen LogP contribution in [0.2, 0.25) is 0 Å². The number of halogens is 1. The molecule has 1 aromatic carbocycles. The molecule has 190 valence electrons. The lowest BCUT2D eigenvalue weighted by molar-refractivity contribution is -0.143. The topological polar surface area (TPSA) is 105 Å². The fraction of sp³-hybridized carbons (Fsp3) is 0.667. The number of nitrogens with zero attached hydrogens (tertiary/aromatic N) is 1. The van der Waals surface area contributed by atoms with Gasteiger partial charge in [-0.05, 0) is 55.9 Å². The molecule has 2 N–H and O–H groups in total. The Balaban J connectivity index is 1.74. The van der Waals surface area contributed by atoms with Crippen molar-refractivity contribution in [3.63, 3.8) is 0 Å². The number of sulfonamides is 1. The molecular formula is C24H36FN3O5S. The Kier molecular flexibility index (Phi) is 9.44. The third-order valence-electron chi connectivity index (χ3n) is 6.47. The summed E-state index contributed by atoms with van der Waals surface area (Å²) in [5, 5.41) is 3.12. The molecule has 2 amide bonds. The van der Waals surface area contributed by atoms with Gasteiger partial charge in [-0.1, -0.05) is 33.1 Å². The number of ether oxygens (including phenoxy) is 1. The van der Waals surface area contributed by atoms with Crippen molar-refractivity contribution in [2.24, 2.45) is 5.92 Å². The molecule has 2 atom stereocenters. The van der Waals surface area contributed by atoms with Crippen LogP contribution in [0.3, 0.4) is 0 Å². The third-order valence-corrected chi connectivity index (χ3v) is 7.89. The second-order valence-electron chi connectivity index (χ2n) is 9.49. The smallest absolute Gasteiger partial charge is 0.243 e. The van der Waals surface area contributed by atoms with Crippen LogP contribution in [-0.2, 0) is 24.3 Å². The summed E-state index contributed by atoms with van der Waals surface area (Å²) in [5.41, 5.74) is 0. The van der Waals surface area contributed by atoms with Crippen molar-refractivity contribution in [3.05, 3.63) is 30.1 Å². The lowest BCUT2D eigenvalue weighted by Crippen LogP contribution is -2.57. The number of hydrogen-bond donors (Lipinski definition) is 2. The maximum absolute atomic E-state index is 13.3. The Morgan fingerprint density at radius 1 is 1.09 bits per heavy atom. The van der Waals surface area contributed by atoms with Gasteiger partial charge < -0.3 is 15.0 Å². The Labute approximate surface area is 201 Å². The first-order chi connectivity index (χ1) is 16.2. The van der Waals surface area contributed by atoms with E-state index < -0.39 is 34.3 Å². The van der Waals surface area contributed by atoms with Crippen LogP contribution in [0, 0.1) is 11.7 Å². The first-order valence-electron chi connectivity index (χ1n) is 12.1. The summed E-state index contributed by atoms with van der Waals surface area (Å²) in [6.45, 7) is 4.07. The Morgan fingerprint density at radius 2 is 1.76 bits per heavy atom. The number of carbonyl (C=O) groups excluding carboxylic acids is 2. The van der Waals surface area contributed by atoms with Crippen molar-refractivity contribution >= 4 is 21.8 Å². The Hall–Kier alpha value is -2.04. The molecule has 10 heteroatoms. The largest absolute Gasteiger partial charge is 0.376 e. The van der Waals surface area contributed by atoms with Crippen LogP contribution in [0.1, 0.15) is 58.8 Å². The van der Waals surface area contributed by atoms with Crippen molar-refractivity contribution in [2.75, 3.05) is 19.7 Å². The van der Waals surface area contributed by atoms with Crippen LogP contribution in [0.15, 0.2) is 29.2 Å². The molecule has 2 aliphatic rings. The molecule has 0 spiro atoms. The number of carbonyl (C=O) groups is 2. The summed E-state index contributed by atoms with van der Waals surface area (Å²) in [4.78, 5) is 27.9. The summed E-state index contributed by atoms with van der Waals surface area (Å²) < 4.78 is 46.4. The SMILES string of the molecule is CC(C)[C@H](C(=O)NC1CCCCC1)N(C[C@@H]1CCCO1)C(=O)CNS(=O)(=O)c1ccc(F)cc1. The number of benzene rings is 1. The van der Waals surface area contributed by atoms with Crippen molar-refractivity contribution in [3.8, 4) is 0 Å². The highest BCUT2D eigenvalue weighted by atomic mass is 32.2. The zero-order valence-corrected chi connectivity index (χ0v) is 20.8. The first-order valence-corrected chi connectivity index (χ1v) is 13.6. The Morgan fingerprint density at radius 3 is 2.35 bits per heavy atom. The molecule has 34 heavy (non-hydrogen) atoms. The molecule has 3 rings (SSSR count). The van der Waals surface area contributed by atoms with Gasteiger partial charge in [0.05, 0.1) is 17.5 Å². The molecule has 1 aromatic rings. The summed E-state index contributed by atoms with van der Waals surface area (Å²) in [5.74, 6) is -1.45. The second-order valence-corrected chi connectivity index (χ2v) is 11.3. The van der Waals surface area contributed by atoms with Gasteiger partial charge in [0, 0.05) is 19.2 Å². The summed E-state index contributed by atoms with van der Waals surface area (Å²) in [6, 6.07) is 3.73. The number of nitrogens with one attached hydrogen (secondary N) is 2. The van der Waals surface area contributed by atoms with Gasteiger partial charge >= 0.3 is 0 Å². The lowest BCUT2D eigenvalue weighted by atomic mass is 9.94. The van der Waals surface area contributed by atoms with Crippen LogP contribution < -0.4 is 10.0 Å². The van der Waals surface area contributed by atoms with E-state index in [1.165, 1.54) is 4.90 Å². The molecule has 1 aliphatic carbocycles. The van der Waals surface area contributed by atoms with Crippen molar-refractivity contribution < 1.29 is 27.1 Å². The van der Waals surface area contributed by atoms with Crippen molar-refractivity contribution in [1.29, 1.82) is 0 Å².